The van der Waals surface area contributed by atoms with Crippen LogP contribution in [0, 0.1) is 2.88 Å². The van der Waals surface area contributed by atoms with Gasteiger partial charge >= 0.3 is 0 Å². The van der Waals surface area contributed by atoms with Gasteiger partial charge in [-0.2, -0.15) is 0 Å². The van der Waals surface area contributed by atoms with Crippen molar-refractivity contribution in [3.63, 3.8) is 0 Å². The summed E-state index contributed by atoms with van der Waals surface area (Å²) < 4.78 is 1.06. The Morgan fingerprint density at radius 2 is 2.38 bits per heavy atom. The summed E-state index contributed by atoms with van der Waals surface area (Å²) >= 11 is 9.57. The van der Waals surface area contributed by atoms with Crippen LogP contribution in [0.2, 0.25) is 5.02 Å². The Bertz CT molecular complexity index is 529. The molecule has 2 rings (SSSR count). The standard InChI is InChI=1S/C10H6ClIN2OS/c11-7-2-1-3-13-9(7)14-10(15)6-4-8(12)16-5-6/h1-5H,(H,13,14,15). The minimum absolute atomic E-state index is 0.195. The first-order valence-corrected chi connectivity index (χ1v) is 6.66. The fraction of sp³-hybridized carbons (Fsp3) is 0. The molecule has 6 heteroatoms. The van der Waals surface area contributed by atoms with E-state index in [2.05, 4.69) is 32.9 Å². The second-order valence-electron chi connectivity index (χ2n) is 2.93. The average Bonchev–Trinajstić information content (AvgIpc) is 2.68. The highest BCUT2D eigenvalue weighted by atomic mass is 127. The SMILES string of the molecule is O=C(Nc1ncccc1Cl)c1csc(I)c1. The van der Waals surface area contributed by atoms with Crippen molar-refractivity contribution in [2.75, 3.05) is 5.32 Å². The molecule has 16 heavy (non-hydrogen) atoms. The Hall–Kier alpha value is -0.660. The maximum atomic E-state index is 11.8. The number of halogens is 2. The molecule has 3 nitrogen and oxygen atoms in total. The van der Waals surface area contributed by atoms with Gasteiger partial charge in [0.25, 0.3) is 5.91 Å². The predicted octanol–water partition coefficient (Wildman–Crippen LogP) is 3.65. The molecular weight excluding hydrogens is 359 g/mol. The first-order chi connectivity index (χ1) is 7.66. The van der Waals surface area contributed by atoms with E-state index in [4.69, 9.17) is 11.6 Å². The number of hydrogen-bond donors (Lipinski definition) is 1. The third-order valence-corrected chi connectivity index (χ3v) is 3.91. The molecule has 0 aliphatic heterocycles. The Balaban J connectivity index is 2.17. The topological polar surface area (TPSA) is 42.0 Å². The highest BCUT2D eigenvalue weighted by Crippen LogP contribution is 2.20. The Labute approximate surface area is 115 Å². The molecule has 0 fully saturated rings. The van der Waals surface area contributed by atoms with Gasteiger partial charge in [0.05, 0.1) is 13.5 Å². The van der Waals surface area contributed by atoms with Gasteiger partial charge in [-0.3, -0.25) is 4.79 Å². The summed E-state index contributed by atoms with van der Waals surface area (Å²) in [4.78, 5) is 15.8. The molecule has 0 aromatic carbocycles. The lowest BCUT2D eigenvalue weighted by atomic mass is 10.3. The van der Waals surface area contributed by atoms with Crippen LogP contribution in [0.1, 0.15) is 10.4 Å². The second-order valence-corrected chi connectivity index (χ2v) is 6.14. The van der Waals surface area contributed by atoms with E-state index in [9.17, 15) is 4.79 Å². The van der Waals surface area contributed by atoms with E-state index in [0.717, 1.165) is 2.88 Å². The monoisotopic (exact) mass is 364 g/mol. The summed E-state index contributed by atoms with van der Waals surface area (Å²) in [6.07, 6.45) is 1.58. The van der Waals surface area contributed by atoms with Crippen LogP contribution in [-0.4, -0.2) is 10.9 Å². The summed E-state index contributed by atoms with van der Waals surface area (Å²) in [7, 11) is 0. The fourth-order valence-corrected chi connectivity index (χ4v) is 2.58. The molecule has 2 heterocycles. The normalized spacial score (nSPS) is 10.1. The van der Waals surface area contributed by atoms with E-state index in [1.54, 1.807) is 23.7 Å². The zero-order valence-corrected chi connectivity index (χ0v) is 11.6. The number of thiophene rings is 1. The lowest BCUT2D eigenvalue weighted by molar-refractivity contribution is 0.102. The maximum Gasteiger partial charge on any atom is 0.257 e. The second kappa shape index (κ2) is 5.11. The third kappa shape index (κ3) is 2.72. The van der Waals surface area contributed by atoms with Crippen molar-refractivity contribution < 1.29 is 4.79 Å². The summed E-state index contributed by atoms with van der Waals surface area (Å²) in [6.45, 7) is 0. The van der Waals surface area contributed by atoms with Crippen molar-refractivity contribution in [1.29, 1.82) is 0 Å². The van der Waals surface area contributed by atoms with Crippen molar-refractivity contribution in [2.24, 2.45) is 0 Å². The molecule has 0 atom stereocenters. The van der Waals surface area contributed by atoms with Crippen molar-refractivity contribution in [2.45, 2.75) is 0 Å². The van der Waals surface area contributed by atoms with Crippen molar-refractivity contribution in [1.82, 2.24) is 4.98 Å². The number of aromatic nitrogens is 1. The zero-order valence-electron chi connectivity index (χ0n) is 7.91. The van der Waals surface area contributed by atoms with E-state index >= 15 is 0 Å². The van der Waals surface area contributed by atoms with E-state index in [0.29, 0.717) is 16.4 Å². The Kier molecular flexibility index (Phi) is 3.78. The molecule has 0 radical (unpaired) electrons. The molecule has 0 saturated heterocycles. The van der Waals surface area contributed by atoms with Gasteiger partial charge in [0.15, 0.2) is 5.82 Å². The van der Waals surface area contributed by atoms with E-state index in [1.807, 2.05) is 6.07 Å². The Morgan fingerprint density at radius 3 is 3.00 bits per heavy atom. The average molecular weight is 365 g/mol. The molecule has 2 aromatic heterocycles. The molecule has 0 aliphatic rings. The molecule has 2 aromatic rings. The van der Waals surface area contributed by atoms with Crippen molar-refractivity contribution in [3.8, 4) is 0 Å². The van der Waals surface area contributed by atoms with E-state index in [1.165, 1.54) is 11.3 Å². The Morgan fingerprint density at radius 1 is 1.56 bits per heavy atom. The predicted molar refractivity (Wildman–Crippen MR) is 74.2 cm³/mol. The van der Waals surface area contributed by atoms with Gasteiger partial charge in [0.1, 0.15) is 0 Å². The number of amides is 1. The lowest BCUT2D eigenvalue weighted by Crippen LogP contribution is -2.12. The van der Waals surface area contributed by atoms with Crippen molar-refractivity contribution in [3.05, 3.63) is 43.2 Å². The van der Waals surface area contributed by atoms with Gasteiger partial charge in [0.2, 0.25) is 0 Å². The highest BCUT2D eigenvalue weighted by Gasteiger charge is 2.10. The summed E-state index contributed by atoms with van der Waals surface area (Å²) in [5.74, 6) is 0.190. The number of carbonyl (C=O) groups excluding carboxylic acids is 1. The number of carbonyl (C=O) groups is 1. The third-order valence-electron chi connectivity index (χ3n) is 1.82. The maximum absolute atomic E-state index is 11.8. The molecule has 0 spiro atoms. The molecule has 0 aliphatic carbocycles. The number of hydrogen-bond acceptors (Lipinski definition) is 3. The number of rotatable bonds is 2. The smallest absolute Gasteiger partial charge is 0.257 e. The van der Waals surface area contributed by atoms with Crippen LogP contribution in [-0.2, 0) is 0 Å². The van der Waals surface area contributed by atoms with Crippen LogP contribution in [0.4, 0.5) is 5.82 Å². The van der Waals surface area contributed by atoms with Gasteiger partial charge in [-0.25, -0.2) is 4.98 Å². The van der Waals surface area contributed by atoms with Crippen molar-refractivity contribution >= 4 is 57.3 Å². The van der Waals surface area contributed by atoms with Crippen LogP contribution >= 0.6 is 45.5 Å². The van der Waals surface area contributed by atoms with Gasteiger partial charge in [-0.05, 0) is 40.8 Å². The van der Waals surface area contributed by atoms with Crippen LogP contribution in [0.3, 0.4) is 0 Å². The highest BCUT2D eigenvalue weighted by molar-refractivity contribution is 14.1. The van der Waals surface area contributed by atoms with Crippen LogP contribution < -0.4 is 5.32 Å². The largest absolute Gasteiger partial charge is 0.305 e. The zero-order chi connectivity index (χ0) is 11.5. The minimum Gasteiger partial charge on any atom is -0.305 e. The van der Waals surface area contributed by atoms with Gasteiger partial charge in [0, 0.05) is 11.6 Å². The molecule has 0 unspecified atom stereocenters. The minimum atomic E-state index is -0.195. The molecule has 1 amide bonds. The van der Waals surface area contributed by atoms with Crippen LogP contribution in [0.25, 0.3) is 0 Å². The quantitative estimate of drug-likeness (QED) is 0.827. The number of nitrogens with zero attached hydrogens (tertiary/aromatic N) is 1. The molecule has 1 N–H and O–H groups in total. The van der Waals surface area contributed by atoms with Gasteiger partial charge in [-0.1, -0.05) is 11.6 Å². The molecule has 0 saturated carbocycles. The number of anilines is 1. The van der Waals surface area contributed by atoms with E-state index in [-0.39, 0.29) is 5.91 Å². The summed E-state index contributed by atoms with van der Waals surface area (Å²) in [5, 5.41) is 4.89. The first kappa shape index (κ1) is 11.8. The van der Waals surface area contributed by atoms with Crippen LogP contribution in [0.5, 0.6) is 0 Å². The van der Waals surface area contributed by atoms with E-state index < -0.39 is 0 Å². The van der Waals surface area contributed by atoms with Gasteiger partial charge in [-0.15, -0.1) is 11.3 Å². The number of nitrogens with one attached hydrogen (secondary N) is 1. The van der Waals surface area contributed by atoms with Crippen LogP contribution in [0.15, 0.2) is 29.8 Å². The summed E-state index contributed by atoms with van der Waals surface area (Å²) in [5.41, 5.74) is 0.621. The lowest BCUT2D eigenvalue weighted by Gasteiger charge is -2.03. The fourth-order valence-electron chi connectivity index (χ4n) is 1.09. The molecule has 0 bridgehead atoms. The molecular formula is C10H6ClIN2OS. The number of pyridine rings is 1. The summed E-state index contributed by atoms with van der Waals surface area (Å²) in [6, 6.07) is 5.21. The first-order valence-electron chi connectivity index (χ1n) is 4.33. The molecule has 82 valence electrons. The van der Waals surface area contributed by atoms with Gasteiger partial charge < -0.3 is 5.32 Å².